The monoisotopic (exact) mass is 220 g/mol. The Morgan fingerprint density at radius 3 is 2.53 bits per heavy atom. The van der Waals surface area contributed by atoms with E-state index in [1.165, 1.54) is 0 Å². The number of hydrogen-bond donors (Lipinski definition) is 2. The van der Waals surface area contributed by atoms with Crippen LogP contribution in [0.2, 0.25) is 0 Å². The molecule has 1 aromatic heterocycles. The first-order valence-electron chi connectivity index (χ1n) is 4.67. The van der Waals surface area contributed by atoms with Crippen LogP contribution in [0.5, 0.6) is 5.75 Å². The normalized spacial score (nSPS) is 12.7. The van der Waals surface area contributed by atoms with E-state index in [0.717, 1.165) is 16.3 Å². The Kier molecular flexibility index (Phi) is 2.70. The summed E-state index contributed by atoms with van der Waals surface area (Å²) in [6.45, 7) is 1.92. The second-order valence-corrected chi connectivity index (χ2v) is 4.30. The van der Waals surface area contributed by atoms with Gasteiger partial charge in [-0.25, -0.2) is 4.98 Å². The molecule has 1 unspecified atom stereocenters. The maximum absolute atomic E-state index is 9.16. The third kappa shape index (κ3) is 2.16. The van der Waals surface area contributed by atoms with Gasteiger partial charge in [-0.1, -0.05) is 0 Å². The topological polar surface area (TPSA) is 59.1 Å². The zero-order valence-electron chi connectivity index (χ0n) is 8.34. The van der Waals surface area contributed by atoms with Crippen LogP contribution in [0.4, 0.5) is 0 Å². The minimum absolute atomic E-state index is 0.0270. The lowest BCUT2D eigenvalue weighted by atomic mass is 10.2. The number of nitrogens with zero attached hydrogens (tertiary/aromatic N) is 1. The van der Waals surface area contributed by atoms with E-state index in [2.05, 4.69) is 4.98 Å². The van der Waals surface area contributed by atoms with Crippen LogP contribution >= 0.6 is 11.3 Å². The summed E-state index contributed by atoms with van der Waals surface area (Å²) in [6, 6.07) is 6.96. The number of hydrogen-bond acceptors (Lipinski definition) is 4. The molecule has 0 amide bonds. The fourth-order valence-electron chi connectivity index (χ4n) is 1.26. The number of aromatic hydroxyl groups is 1. The highest BCUT2D eigenvalue weighted by atomic mass is 32.1. The number of phenolic OH excluding ortho intramolecular Hbond substituents is 1. The number of nitrogens with two attached hydrogens (primary N) is 1. The fraction of sp³-hybridized carbons (Fsp3) is 0.182. The summed E-state index contributed by atoms with van der Waals surface area (Å²) in [4.78, 5) is 4.42. The van der Waals surface area contributed by atoms with Gasteiger partial charge in [0.25, 0.3) is 0 Å². The van der Waals surface area contributed by atoms with Crippen molar-refractivity contribution in [1.82, 2.24) is 4.98 Å². The Morgan fingerprint density at radius 1 is 1.33 bits per heavy atom. The summed E-state index contributed by atoms with van der Waals surface area (Å²) >= 11 is 1.56. The van der Waals surface area contributed by atoms with Gasteiger partial charge in [0.2, 0.25) is 0 Å². The highest BCUT2D eigenvalue weighted by Gasteiger charge is 2.07. The van der Waals surface area contributed by atoms with Crippen molar-refractivity contribution >= 4 is 11.3 Å². The van der Waals surface area contributed by atoms with Crippen molar-refractivity contribution in [3.8, 4) is 17.0 Å². The number of phenols is 1. The molecule has 0 radical (unpaired) electrons. The van der Waals surface area contributed by atoms with Crippen molar-refractivity contribution in [2.45, 2.75) is 13.0 Å². The standard InChI is InChI=1S/C11H12N2OS/c1-7(12)11-13-10(6-15-11)8-2-4-9(14)5-3-8/h2-7,14H,12H2,1H3. The number of rotatable bonds is 2. The van der Waals surface area contributed by atoms with E-state index < -0.39 is 0 Å². The van der Waals surface area contributed by atoms with E-state index >= 15 is 0 Å². The van der Waals surface area contributed by atoms with Gasteiger partial charge in [0.1, 0.15) is 10.8 Å². The molecule has 0 fully saturated rings. The molecule has 3 N–H and O–H groups in total. The van der Waals surface area contributed by atoms with Crippen LogP contribution < -0.4 is 5.73 Å². The predicted octanol–water partition coefficient (Wildman–Crippen LogP) is 2.54. The molecule has 3 nitrogen and oxygen atoms in total. The van der Waals surface area contributed by atoms with E-state index in [0.29, 0.717) is 0 Å². The van der Waals surface area contributed by atoms with Crippen molar-refractivity contribution in [1.29, 1.82) is 0 Å². The number of thiazole rings is 1. The van der Waals surface area contributed by atoms with Gasteiger partial charge in [0, 0.05) is 10.9 Å². The molecule has 1 atom stereocenters. The molecule has 0 bridgehead atoms. The Hall–Kier alpha value is -1.39. The van der Waals surface area contributed by atoms with E-state index in [1.807, 2.05) is 24.4 Å². The Balaban J connectivity index is 2.33. The van der Waals surface area contributed by atoms with Crippen LogP contribution in [-0.4, -0.2) is 10.1 Å². The van der Waals surface area contributed by atoms with Crippen LogP contribution in [0.15, 0.2) is 29.6 Å². The molecule has 15 heavy (non-hydrogen) atoms. The van der Waals surface area contributed by atoms with Gasteiger partial charge in [0.05, 0.1) is 11.7 Å². The van der Waals surface area contributed by atoms with Crippen molar-refractivity contribution in [2.24, 2.45) is 5.73 Å². The van der Waals surface area contributed by atoms with Gasteiger partial charge < -0.3 is 10.8 Å². The van der Waals surface area contributed by atoms with Crippen molar-refractivity contribution in [2.75, 3.05) is 0 Å². The number of aromatic nitrogens is 1. The molecular weight excluding hydrogens is 208 g/mol. The van der Waals surface area contributed by atoms with E-state index in [-0.39, 0.29) is 11.8 Å². The van der Waals surface area contributed by atoms with Crippen LogP contribution in [0, 0.1) is 0 Å². The Bertz CT molecular complexity index is 448. The predicted molar refractivity (Wildman–Crippen MR) is 61.8 cm³/mol. The van der Waals surface area contributed by atoms with Gasteiger partial charge in [0.15, 0.2) is 0 Å². The van der Waals surface area contributed by atoms with Gasteiger partial charge in [-0.2, -0.15) is 0 Å². The largest absolute Gasteiger partial charge is 0.508 e. The molecule has 0 aliphatic rings. The quantitative estimate of drug-likeness (QED) is 0.817. The Morgan fingerprint density at radius 2 is 2.00 bits per heavy atom. The average molecular weight is 220 g/mol. The van der Waals surface area contributed by atoms with Crippen LogP contribution in [0.3, 0.4) is 0 Å². The zero-order valence-corrected chi connectivity index (χ0v) is 9.16. The molecule has 0 aliphatic heterocycles. The van der Waals surface area contributed by atoms with Crippen molar-refractivity contribution in [3.63, 3.8) is 0 Å². The first-order valence-corrected chi connectivity index (χ1v) is 5.55. The first kappa shape index (κ1) is 10.1. The summed E-state index contributed by atoms with van der Waals surface area (Å²) in [5.74, 6) is 0.265. The highest BCUT2D eigenvalue weighted by Crippen LogP contribution is 2.25. The minimum atomic E-state index is -0.0270. The molecule has 0 saturated heterocycles. The fourth-order valence-corrected chi connectivity index (χ4v) is 2.05. The second-order valence-electron chi connectivity index (χ2n) is 3.41. The number of benzene rings is 1. The molecule has 1 aromatic carbocycles. The lowest BCUT2D eigenvalue weighted by molar-refractivity contribution is 0.475. The summed E-state index contributed by atoms with van der Waals surface area (Å²) in [7, 11) is 0. The maximum Gasteiger partial charge on any atom is 0.115 e. The molecule has 0 aliphatic carbocycles. The highest BCUT2D eigenvalue weighted by molar-refractivity contribution is 7.10. The van der Waals surface area contributed by atoms with Gasteiger partial charge in [-0.15, -0.1) is 11.3 Å². The van der Waals surface area contributed by atoms with Crippen molar-refractivity contribution in [3.05, 3.63) is 34.7 Å². The van der Waals surface area contributed by atoms with Gasteiger partial charge >= 0.3 is 0 Å². The van der Waals surface area contributed by atoms with E-state index in [9.17, 15) is 0 Å². The molecule has 1 heterocycles. The summed E-state index contributed by atoms with van der Waals surface area (Å²) in [5, 5.41) is 12.1. The van der Waals surface area contributed by atoms with E-state index in [4.69, 9.17) is 10.8 Å². The zero-order chi connectivity index (χ0) is 10.8. The third-order valence-corrected chi connectivity index (χ3v) is 3.12. The minimum Gasteiger partial charge on any atom is -0.508 e. The smallest absolute Gasteiger partial charge is 0.115 e. The first-order chi connectivity index (χ1) is 7.16. The second kappa shape index (κ2) is 4.00. The third-order valence-electron chi connectivity index (χ3n) is 2.07. The lowest BCUT2D eigenvalue weighted by Gasteiger charge is -1.98. The summed E-state index contributed by atoms with van der Waals surface area (Å²) in [6.07, 6.45) is 0. The molecule has 2 rings (SSSR count). The van der Waals surface area contributed by atoms with Crippen molar-refractivity contribution < 1.29 is 5.11 Å². The molecule has 2 aromatic rings. The molecule has 4 heteroatoms. The SMILES string of the molecule is CC(N)c1nc(-c2ccc(O)cc2)cs1. The molecule has 0 saturated carbocycles. The Labute approximate surface area is 92.2 Å². The average Bonchev–Trinajstić information content (AvgIpc) is 2.68. The summed E-state index contributed by atoms with van der Waals surface area (Å²) < 4.78 is 0. The van der Waals surface area contributed by atoms with Crippen LogP contribution in [0.25, 0.3) is 11.3 Å². The summed E-state index contributed by atoms with van der Waals surface area (Å²) in [5.41, 5.74) is 7.64. The molecule has 0 spiro atoms. The molecular formula is C11H12N2OS. The van der Waals surface area contributed by atoms with Gasteiger partial charge in [-0.05, 0) is 31.2 Å². The van der Waals surface area contributed by atoms with Crippen LogP contribution in [-0.2, 0) is 0 Å². The van der Waals surface area contributed by atoms with Crippen LogP contribution in [0.1, 0.15) is 18.0 Å². The van der Waals surface area contributed by atoms with Gasteiger partial charge in [-0.3, -0.25) is 0 Å². The van der Waals surface area contributed by atoms with E-state index in [1.54, 1.807) is 23.5 Å². The maximum atomic E-state index is 9.16. The lowest BCUT2D eigenvalue weighted by Crippen LogP contribution is -2.03. The molecule has 78 valence electrons.